The van der Waals surface area contributed by atoms with Gasteiger partial charge in [0.05, 0.1) is 5.92 Å². The molecule has 1 aromatic heterocycles. The first-order chi connectivity index (χ1) is 13.9. The number of nitrogens with zero attached hydrogens (tertiary/aromatic N) is 4. The lowest BCUT2D eigenvalue weighted by Gasteiger charge is -2.43. The van der Waals surface area contributed by atoms with Gasteiger partial charge in [0.1, 0.15) is 0 Å². The van der Waals surface area contributed by atoms with E-state index in [1.807, 2.05) is 12.1 Å². The number of carbonyl (C=O) groups excluding carboxylic acids is 1. The summed E-state index contributed by atoms with van der Waals surface area (Å²) in [6.45, 7) is 2.95. The minimum Gasteiger partial charge on any atom is -0.356 e. The predicted molar refractivity (Wildman–Crippen MR) is 112 cm³/mol. The van der Waals surface area contributed by atoms with Crippen molar-refractivity contribution in [1.29, 1.82) is 0 Å². The van der Waals surface area contributed by atoms with Crippen molar-refractivity contribution in [2.45, 2.75) is 44.7 Å². The Morgan fingerprint density at radius 3 is 2.59 bits per heavy atom. The predicted octanol–water partition coefficient (Wildman–Crippen LogP) is 1.07. The molecule has 0 aromatic carbocycles. The summed E-state index contributed by atoms with van der Waals surface area (Å²) in [4.78, 5) is 19.3. The van der Waals surface area contributed by atoms with Crippen LogP contribution in [0.25, 0.3) is 0 Å². The van der Waals surface area contributed by atoms with Crippen LogP contribution in [-0.4, -0.2) is 79.1 Å². The molecule has 0 saturated carbocycles. The van der Waals surface area contributed by atoms with E-state index >= 15 is 0 Å². The van der Waals surface area contributed by atoms with Crippen LogP contribution in [0.5, 0.6) is 0 Å². The number of piperidine rings is 1. The lowest BCUT2D eigenvalue weighted by Crippen LogP contribution is -2.58. The van der Waals surface area contributed by atoms with Crippen molar-refractivity contribution in [3.05, 3.63) is 30.1 Å². The zero-order chi connectivity index (χ0) is 20.9. The highest BCUT2D eigenvalue weighted by atomic mass is 32.2. The Morgan fingerprint density at radius 1 is 1.14 bits per heavy atom. The molecule has 2 saturated heterocycles. The number of hydrogen-bond acceptors (Lipinski definition) is 5. The van der Waals surface area contributed by atoms with Crippen molar-refractivity contribution in [3.8, 4) is 0 Å². The van der Waals surface area contributed by atoms with Gasteiger partial charge in [-0.15, -0.1) is 0 Å². The van der Waals surface area contributed by atoms with Crippen LogP contribution in [0.1, 0.15) is 37.7 Å². The molecule has 29 heavy (non-hydrogen) atoms. The molecule has 3 heterocycles. The first-order valence-corrected chi connectivity index (χ1v) is 11.9. The van der Waals surface area contributed by atoms with Gasteiger partial charge in [-0.25, -0.2) is 0 Å². The lowest BCUT2D eigenvalue weighted by atomic mass is 9.90. The van der Waals surface area contributed by atoms with Crippen LogP contribution in [0.3, 0.4) is 0 Å². The summed E-state index contributed by atoms with van der Waals surface area (Å²) >= 11 is 0. The number of nitrogens with one attached hydrogen (secondary N) is 1. The molecule has 8 nitrogen and oxygen atoms in total. The molecule has 0 aliphatic carbocycles. The van der Waals surface area contributed by atoms with Crippen molar-refractivity contribution < 1.29 is 13.2 Å². The molecule has 1 N–H and O–H groups in total. The van der Waals surface area contributed by atoms with E-state index in [1.165, 1.54) is 8.61 Å². The number of pyridine rings is 1. The van der Waals surface area contributed by atoms with Crippen molar-refractivity contribution in [2.24, 2.45) is 5.92 Å². The summed E-state index contributed by atoms with van der Waals surface area (Å²) in [6.07, 6.45) is 8.33. The van der Waals surface area contributed by atoms with Gasteiger partial charge in [0.25, 0.3) is 10.2 Å². The summed E-state index contributed by atoms with van der Waals surface area (Å²) in [5, 5.41) is 3.09. The number of fused-ring (bicyclic) bond motifs is 1. The molecule has 2 fully saturated rings. The third-order valence-corrected chi connectivity index (χ3v) is 7.85. The highest BCUT2D eigenvalue weighted by Gasteiger charge is 2.41. The van der Waals surface area contributed by atoms with Crippen LogP contribution >= 0.6 is 0 Å². The molecule has 2 aliphatic rings. The smallest absolute Gasteiger partial charge is 0.281 e. The summed E-state index contributed by atoms with van der Waals surface area (Å²) in [7, 11) is -0.399. The summed E-state index contributed by atoms with van der Waals surface area (Å²) in [5.41, 5.74) is 1.13. The number of rotatable bonds is 4. The van der Waals surface area contributed by atoms with E-state index in [0.29, 0.717) is 32.6 Å². The minimum absolute atomic E-state index is 0.0542. The fourth-order valence-electron chi connectivity index (χ4n) is 4.24. The van der Waals surface area contributed by atoms with Crippen LogP contribution in [-0.2, 0) is 21.5 Å². The molecule has 0 bridgehead atoms. The zero-order valence-corrected chi connectivity index (χ0v) is 18.3. The van der Waals surface area contributed by atoms with Crippen molar-refractivity contribution >= 4 is 16.1 Å². The maximum absolute atomic E-state index is 12.9. The fourth-order valence-corrected chi connectivity index (χ4v) is 5.38. The molecule has 0 spiro atoms. The molecule has 0 radical (unpaired) electrons. The first kappa shape index (κ1) is 22.1. The molecule has 1 amide bonds. The Labute approximate surface area is 174 Å². The number of amides is 1. The topological polar surface area (TPSA) is 85.8 Å². The highest BCUT2D eigenvalue weighted by Crippen LogP contribution is 2.27. The molecular formula is C20H33N5O3S. The molecular weight excluding hydrogens is 390 g/mol. The summed E-state index contributed by atoms with van der Waals surface area (Å²) in [6, 6.07) is 3.82. The fraction of sp³-hybridized carbons (Fsp3) is 0.700. The third kappa shape index (κ3) is 5.53. The zero-order valence-electron chi connectivity index (χ0n) is 17.5. The average Bonchev–Trinajstić information content (AvgIpc) is 2.74. The van der Waals surface area contributed by atoms with E-state index in [4.69, 9.17) is 0 Å². The van der Waals surface area contributed by atoms with Gasteiger partial charge in [0, 0.05) is 58.7 Å². The summed E-state index contributed by atoms with van der Waals surface area (Å²) in [5.74, 6) is -0.151. The SMILES string of the molecule is CN(C)S(=O)(=O)N1CC[C@@H]2C(=O)NCCCCCCN(Cc3ccncc3)[C@@H]2C1. The highest BCUT2D eigenvalue weighted by molar-refractivity contribution is 7.86. The molecule has 2 aliphatic heterocycles. The normalized spacial score (nSPS) is 25.8. The van der Waals surface area contributed by atoms with E-state index in [1.54, 1.807) is 26.5 Å². The van der Waals surface area contributed by atoms with Crippen molar-refractivity contribution in [2.75, 3.05) is 40.3 Å². The molecule has 1 aromatic rings. The second kappa shape index (κ2) is 9.97. The Bertz CT molecular complexity index is 772. The van der Waals surface area contributed by atoms with Crippen molar-refractivity contribution in [3.63, 3.8) is 0 Å². The van der Waals surface area contributed by atoms with E-state index in [2.05, 4.69) is 15.2 Å². The lowest BCUT2D eigenvalue weighted by molar-refractivity contribution is -0.129. The minimum atomic E-state index is -3.51. The molecule has 9 heteroatoms. The maximum Gasteiger partial charge on any atom is 0.281 e. The molecule has 162 valence electrons. The molecule has 2 atom stereocenters. The first-order valence-electron chi connectivity index (χ1n) is 10.5. The Morgan fingerprint density at radius 2 is 1.86 bits per heavy atom. The van der Waals surface area contributed by atoms with Gasteiger partial charge in [-0.2, -0.15) is 17.0 Å². The van der Waals surface area contributed by atoms with Gasteiger partial charge in [-0.1, -0.05) is 12.8 Å². The van der Waals surface area contributed by atoms with Gasteiger partial charge in [0.15, 0.2) is 0 Å². The number of carbonyl (C=O) groups is 1. The van der Waals surface area contributed by atoms with Gasteiger partial charge in [0.2, 0.25) is 5.91 Å². The van der Waals surface area contributed by atoms with Crippen LogP contribution < -0.4 is 5.32 Å². The van der Waals surface area contributed by atoms with E-state index in [-0.39, 0.29) is 17.9 Å². The van der Waals surface area contributed by atoms with E-state index in [9.17, 15) is 13.2 Å². The Hall–Kier alpha value is -1.55. The largest absolute Gasteiger partial charge is 0.356 e. The van der Waals surface area contributed by atoms with Crippen molar-refractivity contribution in [1.82, 2.24) is 23.8 Å². The van der Waals surface area contributed by atoms with Crippen LogP contribution in [0.2, 0.25) is 0 Å². The second-order valence-electron chi connectivity index (χ2n) is 8.14. The maximum atomic E-state index is 12.9. The van der Waals surface area contributed by atoms with Gasteiger partial charge >= 0.3 is 0 Å². The van der Waals surface area contributed by atoms with Gasteiger partial charge < -0.3 is 5.32 Å². The quantitative estimate of drug-likeness (QED) is 0.783. The second-order valence-corrected chi connectivity index (χ2v) is 10.3. The Balaban J connectivity index is 1.89. The average molecular weight is 424 g/mol. The van der Waals surface area contributed by atoms with Crippen LogP contribution in [0, 0.1) is 5.92 Å². The summed E-state index contributed by atoms with van der Waals surface area (Å²) < 4.78 is 28.3. The number of aromatic nitrogens is 1. The van der Waals surface area contributed by atoms with Crippen LogP contribution in [0.4, 0.5) is 0 Å². The molecule has 0 unspecified atom stereocenters. The monoisotopic (exact) mass is 423 g/mol. The third-order valence-electron chi connectivity index (χ3n) is 5.94. The van der Waals surface area contributed by atoms with E-state index in [0.717, 1.165) is 37.8 Å². The molecule has 3 rings (SSSR count). The van der Waals surface area contributed by atoms with E-state index < -0.39 is 10.2 Å². The van der Waals surface area contributed by atoms with Crippen LogP contribution in [0.15, 0.2) is 24.5 Å². The van der Waals surface area contributed by atoms with Gasteiger partial charge in [-0.3, -0.25) is 14.7 Å². The number of hydrogen-bond donors (Lipinski definition) is 1. The Kier molecular flexibility index (Phi) is 7.61. The van der Waals surface area contributed by atoms with Gasteiger partial charge in [-0.05, 0) is 43.5 Å². The standard InChI is InChI=1S/C20H33N5O3S/c1-23(2)29(27,28)25-14-9-18-19(16-25)24(15-17-7-11-21-12-8-17)13-6-4-3-5-10-22-20(18)26/h7-8,11-12,18-19H,3-6,9-10,13-16H2,1-2H3,(H,22,26)/t18-,19+/m0/s1.